The van der Waals surface area contributed by atoms with Crippen LogP contribution in [0.4, 0.5) is 0 Å². The summed E-state index contributed by atoms with van der Waals surface area (Å²) in [5.74, 6) is 1.25. The van der Waals surface area contributed by atoms with Gasteiger partial charge in [0, 0.05) is 31.9 Å². The molecule has 0 heterocycles. The molecule has 0 spiro atoms. The molecular weight excluding hydrogens is 666 g/mol. The molecule has 0 aliphatic rings. The molecule has 0 fully saturated rings. The van der Waals surface area contributed by atoms with Gasteiger partial charge in [-0.3, -0.25) is 0 Å². The van der Waals surface area contributed by atoms with E-state index < -0.39 is 14.4 Å². The number of rotatable bonds is 10. The van der Waals surface area contributed by atoms with E-state index in [-0.39, 0.29) is 11.5 Å². The van der Waals surface area contributed by atoms with Gasteiger partial charge in [-0.15, -0.1) is 4.86 Å². The van der Waals surface area contributed by atoms with Crippen molar-refractivity contribution in [1.82, 2.24) is 4.86 Å². The molecule has 1 N–H and O–H groups in total. The van der Waals surface area contributed by atoms with E-state index in [0.29, 0.717) is 53.8 Å². The van der Waals surface area contributed by atoms with Crippen molar-refractivity contribution in [2.24, 2.45) is 0 Å². The smallest absolute Gasteiger partial charge is 0.424 e. The van der Waals surface area contributed by atoms with Crippen LogP contribution in [0.2, 0.25) is 20.1 Å². The molecule has 0 amide bonds. The monoisotopic (exact) mass is 689 g/mol. The molecule has 0 aliphatic heterocycles. The lowest BCUT2D eigenvalue weighted by Crippen LogP contribution is -2.22. The van der Waals surface area contributed by atoms with Crippen molar-refractivity contribution in [2.45, 2.75) is 27.7 Å². The molecule has 4 aromatic rings. The van der Waals surface area contributed by atoms with Gasteiger partial charge in [0.1, 0.15) is 23.0 Å². The summed E-state index contributed by atoms with van der Waals surface area (Å²) in [5.41, 5.74) is 2.61. The zero-order valence-electron chi connectivity index (χ0n) is 22.3. The molecule has 0 atom stereocenters. The van der Waals surface area contributed by atoms with E-state index in [2.05, 4.69) is 4.86 Å². The van der Waals surface area contributed by atoms with Gasteiger partial charge in [0.15, 0.2) is 0 Å². The topological polar surface area (TPSA) is 66.0 Å². The Bertz CT molecular complexity index is 1470. The number of hydrogen-bond acceptors (Lipinski definition) is 6. The van der Waals surface area contributed by atoms with Crippen LogP contribution in [0.25, 0.3) is 0 Å². The molecule has 6 nitrogen and oxygen atoms in total. The molecule has 41 heavy (non-hydrogen) atoms. The van der Waals surface area contributed by atoms with Crippen LogP contribution >= 0.6 is 60.8 Å². The first kappa shape index (κ1) is 32.0. The Morgan fingerprint density at radius 1 is 0.537 bits per heavy atom. The standard InChI is InChI=1S/C28H25Cl4NO5P2S/c1-17-13-21(29)5-9-25(17)35-39(34,36-26-10-6-22(30)14-18(26)2)33-40(41,37-27-11-7-23(31)15-19(27)3)38-28-12-8-24(32)16-20(28)4/h5-16H,1-4H3,(H,33,34,41). The maximum Gasteiger partial charge on any atom is 0.522 e. The van der Waals surface area contributed by atoms with Gasteiger partial charge < -0.3 is 18.1 Å². The van der Waals surface area contributed by atoms with Crippen molar-refractivity contribution in [2.75, 3.05) is 0 Å². The molecule has 0 unspecified atom stereocenters. The van der Waals surface area contributed by atoms with Crippen LogP contribution in [0.15, 0.2) is 72.8 Å². The van der Waals surface area contributed by atoms with Gasteiger partial charge in [-0.05, 0) is 123 Å². The summed E-state index contributed by atoms with van der Waals surface area (Å²) in [6.45, 7) is 3.36. The van der Waals surface area contributed by atoms with E-state index in [0.717, 1.165) is 0 Å². The van der Waals surface area contributed by atoms with E-state index in [1.54, 1.807) is 100 Å². The van der Waals surface area contributed by atoms with Crippen molar-refractivity contribution in [3.8, 4) is 23.0 Å². The highest BCUT2D eigenvalue weighted by Gasteiger charge is 2.40. The molecule has 0 aromatic heterocycles. The fraction of sp³-hybridized carbons (Fsp3) is 0.143. The highest BCUT2D eigenvalue weighted by Crippen LogP contribution is 2.58. The van der Waals surface area contributed by atoms with Crippen molar-refractivity contribution < 1.29 is 22.7 Å². The third-order valence-electron chi connectivity index (χ3n) is 5.67. The van der Waals surface area contributed by atoms with Crippen LogP contribution in [0.1, 0.15) is 22.3 Å². The number of halogens is 4. The highest BCUT2D eigenvalue weighted by atomic mass is 35.5. The molecular formula is C28H25Cl4NO5P2S. The van der Waals surface area contributed by atoms with Gasteiger partial charge >= 0.3 is 14.4 Å². The lowest BCUT2D eigenvalue weighted by atomic mass is 10.2. The van der Waals surface area contributed by atoms with E-state index in [1.807, 2.05) is 0 Å². The van der Waals surface area contributed by atoms with Gasteiger partial charge in [0.2, 0.25) is 0 Å². The predicted molar refractivity (Wildman–Crippen MR) is 172 cm³/mol. The van der Waals surface area contributed by atoms with E-state index >= 15 is 0 Å². The number of nitrogens with one attached hydrogen (secondary N) is 1. The van der Waals surface area contributed by atoms with Crippen LogP contribution in [0, 0.1) is 27.7 Å². The third kappa shape index (κ3) is 8.56. The molecule has 216 valence electrons. The maximum absolute atomic E-state index is 14.6. The second kappa shape index (κ2) is 13.2. The van der Waals surface area contributed by atoms with Crippen LogP contribution < -0.4 is 23.0 Å². The first-order valence-electron chi connectivity index (χ1n) is 12.1. The first-order valence-corrected chi connectivity index (χ1v) is 17.8. The van der Waals surface area contributed by atoms with Gasteiger partial charge in [0.25, 0.3) is 0 Å². The Morgan fingerprint density at radius 3 is 1.07 bits per heavy atom. The summed E-state index contributed by atoms with van der Waals surface area (Å²) in [6, 6.07) is 19.8. The van der Waals surface area contributed by atoms with Gasteiger partial charge in [0.05, 0.1) is 0 Å². The van der Waals surface area contributed by atoms with Crippen LogP contribution in [0.5, 0.6) is 23.0 Å². The minimum atomic E-state index is -4.39. The number of aryl methyl sites for hydroxylation is 4. The maximum atomic E-state index is 14.6. The molecule has 0 aliphatic carbocycles. The minimum absolute atomic E-state index is 0.253. The Balaban J connectivity index is 1.81. The highest BCUT2D eigenvalue weighted by molar-refractivity contribution is 8.11. The first-order chi connectivity index (χ1) is 19.2. The van der Waals surface area contributed by atoms with E-state index in [9.17, 15) is 4.57 Å². The number of benzene rings is 4. The lowest BCUT2D eigenvalue weighted by Gasteiger charge is -2.29. The molecule has 0 saturated carbocycles. The fourth-order valence-corrected chi connectivity index (χ4v) is 9.72. The summed E-state index contributed by atoms with van der Waals surface area (Å²) >= 11 is 30.5. The quantitative estimate of drug-likeness (QED) is 0.166. The van der Waals surface area contributed by atoms with Crippen molar-refractivity contribution in [3.63, 3.8) is 0 Å². The summed E-state index contributed by atoms with van der Waals surface area (Å²) in [7, 11) is -4.39. The average molecular weight is 691 g/mol. The summed E-state index contributed by atoms with van der Waals surface area (Å²) < 4.78 is 39.3. The van der Waals surface area contributed by atoms with Crippen molar-refractivity contribution >= 4 is 72.6 Å². The Kier molecular flexibility index (Phi) is 10.3. The fourth-order valence-electron chi connectivity index (χ4n) is 3.65. The van der Waals surface area contributed by atoms with Crippen LogP contribution in [-0.2, 0) is 16.4 Å². The van der Waals surface area contributed by atoms with Crippen LogP contribution in [0.3, 0.4) is 0 Å². The second-order valence-electron chi connectivity index (χ2n) is 9.10. The van der Waals surface area contributed by atoms with Crippen LogP contribution in [-0.4, -0.2) is 0 Å². The lowest BCUT2D eigenvalue weighted by molar-refractivity contribution is 0.373. The average Bonchev–Trinajstić information content (AvgIpc) is 2.86. The van der Waals surface area contributed by atoms with Gasteiger partial charge in [-0.2, -0.15) is 0 Å². The third-order valence-corrected chi connectivity index (χ3v) is 11.5. The normalized spacial score (nSPS) is 11.7. The van der Waals surface area contributed by atoms with Crippen molar-refractivity contribution in [1.29, 1.82) is 0 Å². The van der Waals surface area contributed by atoms with Crippen molar-refractivity contribution in [3.05, 3.63) is 115 Å². The molecule has 0 bridgehead atoms. The zero-order chi connectivity index (χ0) is 29.9. The Morgan fingerprint density at radius 2 is 0.805 bits per heavy atom. The molecule has 13 heteroatoms. The minimum Gasteiger partial charge on any atom is -0.424 e. The second-order valence-corrected chi connectivity index (χ2v) is 15.8. The van der Waals surface area contributed by atoms with E-state index in [4.69, 9.17) is 76.3 Å². The Labute approximate surface area is 264 Å². The zero-order valence-corrected chi connectivity index (χ0v) is 27.9. The number of hydrogen-bond donors (Lipinski definition) is 1. The van der Waals surface area contributed by atoms with E-state index in [1.165, 1.54) is 0 Å². The molecule has 4 aromatic carbocycles. The van der Waals surface area contributed by atoms with Gasteiger partial charge in [-0.25, -0.2) is 4.57 Å². The Hall–Kier alpha value is -1.92. The summed E-state index contributed by atoms with van der Waals surface area (Å²) in [5, 5.41) is 2.00. The predicted octanol–water partition coefficient (Wildman–Crippen LogP) is 11.1. The molecule has 0 saturated heterocycles. The summed E-state index contributed by atoms with van der Waals surface area (Å²) in [6.07, 6.45) is 0. The largest absolute Gasteiger partial charge is 0.522 e. The summed E-state index contributed by atoms with van der Waals surface area (Å²) in [4.78, 5) is 2.83. The van der Waals surface area contributed by atoms with Gasteiger partial charge in [-0.1, -0.05) is 46.4 Å². The molecule has 0 radical (unpaired) electrons. The molecule has 4 rings (SSSR count). The SMILES string of the molecule is Cc1cc(Cl)ccc1OP(=O)(NP(=S)(Oc1ccc(Cl)cc1C)Oc1ccc(Cl)cc1C)Oc1ccc(Cl)cc1C.